The predicted molar refractivity (Wildman–Crippen MR) is 46.8 cm³/mol. The van der Waals surface area contributed by atoms with E-state index >= 15 is 0 Å². The number of hydrogen-bond donors (Lipinski definition) is 2. The molecule has 0 atom stereocenters. The third-order valence-electron chi connectivity index (χ3n) is 1.23. The SMILES string of the molecule is Nc1cc(OSC(F)(F)F)ccc1O. The monoisotopic (exact) mass is 225 g/mol. The molecule has 78 valence electrons. The van der Waals surface area contributed by atoms with Gasteiger partial charge in [-0.25, -0.2) is 0 Å². The molecule has 0 bridgehead atoms. The number of nitrogen functional groups attached to an aromatic ring is 1. The summed E-state index contributed by atoms with van der Waals surface area (Å²) in [5.41, 5.74) is 0.737. The Balaban J connectivity index is 2.65. The Morgan fingerprint density at radius 1 is 1.36 bits per heavy atom. The van der Waals surface area contributed by atoms with Crippen LogP contribution in [0.1, 0.15) is 0 Å². The highest BCUT2D eigenvalue weighted by Gasteiger charge is 2.31. The summed E-state index contributed by atoms with van der Waals surface area (Å²) in [6, 6.07) is 3.44. The summed E-state index contributed by atoms with van der Waals surface area (Å²) in [5.74, 6) is -0.267. The van der Waals surface area contributed by atoms with E-state index in [0.29, 0.717) is 0 Å². The molecule has 3 nitrogen and oxygen atoms in total. The van der Waals surface area contributed by atoms with Gasteiger partial charge in [-0.15, -0.1) is 0 Å². The Morgan fingerprint density at radius 2 is 2.00 bits per heavy atom. The molecule has 0 amide bonds. The fraction of sp³-hybridized carbons (Fsp3) is 0.143. The van der Waals surface area contributed by atoms with Crippen LogP contribution in [0.15, 0.2) is 18.2 Å². The molecule has 0 aliphatic heterocycles. The summed E-state index contributed by atoms with van der Waals surface area (Å²) in [7, 11) is 0. The number of alkyl halides is 3. The van der Waals surface area contributed by atoms with Crippen LogP contribution in [0.3, 0.4) is 0 Å². The van der Waals surface area contributed by atoms with Gasteiger partial charge in [0.2, 0.25) is 0 Å². The Morgan fingerprint density at radius 3 is 2.50 bits per heavy atom. The zero-order valence-corrected chi connectivity index (χ0v) is 7.52. The minimum Gasteiger partial charge on any atom is -0.506 e. The molecule has 0 saturated heterocycles. The van der Waals surface area contributed by atoms with Crippen LogP contribution in [-0.2, 0) is 0 Å². The van der Waals surface area contributed by atoms with Gasteiger partial charge in [0.1, 0.15) is 11.5 Å². The van der Waals surface area contributed by atoms with Gasteiger partial charge in [0.05, 0.1) is 5.69 Å². The number of nitrogens with two attached hydrogens (primary N) is 1. The number of phenols is 1. The standard InChI is InChI=1S/C7H6F3NO2S/c8-7(9,10)14-13-4-1-2-6(12)5(11)3-4/h1-3,12H,11H2. The molecular formula is C7H6F3NO2S. The van der Waals surface area contributed by atoms with Gasteiger partial charge in [-0.3, -0.25) is 0 Å². The highest BCUT2D eigenvalue weighted by atomic mass is 32.2. The topological polar surface area (TPSA) is 55.5 Å². The molecule has 1 aromatic carbocycles. The molecule has 0 spiro atoms. The molecule has 0 unspecified atom stereocenters. The van der Waals surface area contributed by atoms with E-state index in [1.165, 1.54) is 6.07 Å². The maximum atomic E-state index is 11.7. The summed E-state index contributed by atoms with van der Waals surface area (Å²) in [6.45, 7) is 0. The van der Waals surface area contributed by atoms with E-state index < -0.39 is 17.6 Å². The molecule has 7 heteroatoms. The molecule has 0 saturated carbocycles. The van der Waals surface area contributed by atoms with Crippen molar-refractivity contribution in [2.75, 3.05) is 5.73 Å². The second-order valence-electron chi connectivity index (χ2n) is 2.33. The molecule has 0 aromatic heterocycles. The number of hydrogen-bond acceptors (Lipinski definition) is 4. The fourth-order valence-corrected chi connectivity index (χ4v) is 0.974. The third-order valence-corrected chi connectivity index (χ3v) is 1.70. The van der Waals surface area contributed by atoms with Gasteiger partial charge in [0.15, 0.2) is 12.0 Å². The van der Waals surface area contributed by atoms with Gasteiger partial charge in [0, 0.05) is 6.07 Å². The largest absolute Gasteiger partial charge is 0.506 e. The van der Waals surface area contributed by atoms with Crippen LogP contribution in [0.4, 0.5) is 18.9 Å². The highest BCUT2D eigenvalue weighted by Crippen LogP contribution is 2.34. The van der Waals surface area contributed by atoms with Crippen molar-refractivity contribution in [2.24, 2.45) is 0 Å². The zero-order valence-electron chi connectivity index (χ0n) is 6.71. The van der Waals surface area contributed by atoms with Gasteiger partial charge in [-0.05, 0) is 12.1 Å². The van der Waals surface area contributed by atoms with Crippen LogP contribution in [0.5, 0.6) is 11.5 Å². The Labute approximate surface area is 81.9 Å². The lowest BCUT2D eigenvalue weighted by Gasteiger charge is -2.07. The van der Waals surface area contributed by atoms with Crippen molar-refractivity contribution in [3.05, 3.63) is 18.2 Å². The molecule has 0 fully saturated rings. The maximum absolute atomic E-state index is 11.7. The lowest BCUT2D eigenvalue weighted by Crippen LogP contribution is -2.02. The number of benzene rings is 1. The molecular weight excluding hydrogens is 219 g/mol. The number of phenolic OH excluding ortho intramolecular Hbond substituents is 1. The molecule has 14 heavy (non-hydrogen) atoms. The number of aromatic hydroxyl groups is 1. The Bertz CT molecular complexity index is 329. The van der Waals surface area contributed by atoms with Crippen LogP contribution in [0, 0.1) is 0 Å². The molecule has 1 rings (SSSR count). The van der Waals surface area contributed by atoms with Crippen LogP contribution in [0.2, 0.25) is 0 Å². The Hall–Kier alpha value is -1.24. The molecule has 1 aromatic rings. The number of halogens is 3. The first kappa shape index (κ1) is 10.8. The number of anilines is 1. The minimum absolute atomic E-state index is 0.0368. The van der Waals surface area contributed by atoms with E-state index in [4.69, 9.17) is 10.8 Å². The van der Waals surface area contributed by atoms with Crippen molar-refractivity contribution >= 4 is 17.7 Å². The maximum Gasteiger partial charge on any atom is 0.479 e. The summed E-state index contributed by atoms with van der Waals surface area (Å²) >= 11 is -0.636. The summed E-state index contributed by atoms with van der Waals surface area (Å²) in [4.78, 5) is 0. The van der Waals surface area contributed by atoms with Gasteiger partial charge in [0.25, 0.3) is 0 Å². The lowest BCUT2D eigenvalue weighted by atomic mass is 10.3. The van der Waals surface area contributed by atoms with Gasteiger partial charge in [-0.2, -0.15) is 13.2 Å². The molecule has 0 aliphatic rings. The average Bonchev–Trinajstić information content (AvgIpc) is 2.06. The van der Waals surface area contributed by atoms with E-state index in [9.17, 15) is 13.2 Å². The molecule has 3 N–H and O–H groups in total. The van der Waals surface area contributed by atoms with Crippen LogP contribution in [-0.4, -0.2) is 10.6 Å². The second kappa shape index (κ2) is 3.87. The first-order valence-electron chi connectivity index (χ1n) is 3.39. The first-order valence-corrected chi connectivity index (χ1v) is 4.13. The van der Waals surface area contributed by atoms with Crippen molar-refractivity contribution in [2.45, 2.75) is 5.51 Å². The van der Waals surface area contributed by atoms with Gasteiger partial charge in [-0.1, -0.05) is 0 Å². The van der Waals surface area contributed by atoms with E-state index in [-0.39, 0.29) is 17.2 Å². The van der Waals surface area contributed by atoms with Gasteiger partial charge >= 0.3 is 5.51 Å². The van der Waals surface area contributed by atoms with E-state index in [2.05, 4.69) is 4.18 Å². The smallest absolute Gasteiger partial charge is 0.479 e. The molecule has 0 heterocycles. The van der Waals surface area contributed by atoms with E-state index in [1.54, 1.807) is 0 Å². The minimum atomic E-state index is -4.47. The van der Waals surface area contributed by atoms with Crippen molar-refractivity contribution in [3.63, 3.8) is 0 Å². The van der Waals surface area contributed by atoms with Gasteiger partial charge < -0.3 is 15.0 Å². The highest BCUT2D eigenvalue weighted by molar-refractivity contribution is 7.95. The number of rotatable bonds is 2. The predicted octanol–water partition coefficient (Wildman–Crippen LogP) is 2.52. The summed E-state index contributed by atoms with van der Waals surface area (Å²) in [6.07, 6.45) is 0. The van der Waals surface area contributed by atoms with Crippen LogP contribution >= 0.6 is 12.0 Å². The van der Waals surface area contributed by atoms with Crippen molar-refractivity contribution < 1.29 is 22.5 Å². The van der Waals surface area contributed by atoms with Crippen LogP contribution in [0.25, 0.3) is 0 Å². The lowest BCUT2D eigenvalue weighted by molar-refractivity contribution is -0.0369. The van der Waals surface area contributed by atoms with Crippen LogP contribution < -0.4 is 9.92 Å². The second-order valence-corrected chi connectivity index (χ2v) is 3.13. The molecule has 0 aliphatic carbocycles. The Kier molecular flexibility index (Phi) is 3.00. The van der Waals surface area contributed by atoms with Crippen molar-refractivity contribution in [1.82, 2.24) is 0 Å². The molecule has 0 radical (unpaired) electrons. The van der Waals surface area contributed by atoms with E-state index in [0.717, 1.165) is 12.1 Å². The third kappa shape index (κ3) is 3.25. The normalized spacial score (nSPS) is 11.4. The quantitative estimate of drug-likeness (QED) is 0.461. The summed E-state index contributed by atoms with van der Waals surface area (Å²) in [5, 5.41) is 8.96. The van der Waals surface area contributed by atoms with Crippen molar-refractivity contribution in [1.29, 1.82) is 0 Å². The fourth-order valence-electron chi connectivity index (χ4n) is 0.680. The summed E-state index contributed by atoms with van der Waals surface area (Å²) < 4.78 is 39.3. The first-order chi connectivity index (χ1) is 6.38. The van der Waals surface area contributed by atoms with E-state index in [1.807, 2.05) is 0 Å². The zero-order chi connectivity index (χ0) is 10.8. The van der Waals surface area contributed by atoms with Crippen molar-refractivity contribution in [3.8, 4) is 11.5 Å². The average molecular weight is 225 g/mol.